The van der Waals surface area contributed by atoms with Crippen molar-refractivity contribution in [1.29, 1.82) is 0 Å². The highest BCUT2D eigenvalue weighted by Gasteiger charge is 2.48. The molecule has 2 aromatic rings. The van der Waals surface area contributed by atoms with Crippen molar-refractivity contribution in [2.75, 3.05) is 13.6 Å². The van der Waals surface area contributed by atoms with Crippen molar-refractivity contribution in [3.05, 3.63) is 48.5 Å². The molecule has 2 N–H and O–H groups in total. The highest BCUT2D eigenvalue weighted by atomic mass is 32.2. The maximum absolute atomic E-state index is 12.6. The first-order valence-corrected chi connectivity index (χ1v) is 11.7. The Bertz CT molecular complexity index is 1010. The number of thiocarbonyl (C=S) groups is 1. The van der Waals surface area contributed by atoms with E-state index in [1.54, 1.807) is 31.6 Å². The topological polar surface area (TPSA) is 102 Å². The molecule has 1 heterocycles. The normalized spacial score (nSPS) is 21.7. The summed E-state index contributed by atoms with van der Waals surface area (Å²) in [6, 6.07) is 7.89. The van der Waals surface area contributed by atoms with E-state index in [2.05, 4.69) is 15.0 Å². The van der Waals surface area contributed by atoms with Crippen LogP contribution in [0, 0.1) is 6.92 Å². The predicted molar refractivity (Wildman–Crippen MR) is 117 cm³/mol. The minimum atomic E-state index is -3.80. The summed E-state index contributed by atoms with van der Waals surface area (Å²) in [6.45, 7) is 1.42. The Morgan fingerprint density at radius 3 is 2.70 bits per heavy atom. The highest BCUT2D eigenvalue weighted by molar-refractivity contribution is 7.89. The van der Waals surface area contributed by atoms with Crippen LogP contribution < -0.4 is 10.0 Å². The number of likely N-dealkylation sites (N-methyl/N-ethyl adjacent to an activating group) is 1. The van der Waals surface area contributed by atoms with E-state index in [0.717, 1.165) is 18.5 Å². The lowest BCUT2D eigenvalue weighted by molar-refractivity contribution is -0.153. The van der Waals surface area contributed by atoms with Crippen LogP contribution in [0.15, 0.2) is 47.8 Å². The van der Waals surface area contributed by atoms with Crippen molar-refractivity contribution in [2.24, 2.45) is 0 Å². The minimum absolute atomic E-state index is 0.0927. The number of ether oxygens (including phenoxy) is 1. The summed E-state index contributed by atoms with van der Waals surface area (Å²) in [4.78, 5) is 17.5. The molecule has 1 fully saturated rings. The maximum Gasteiger partial charge on any atom is 0.321 e. The molecule has 1 aromatic heterocycles. The molecule has 0 radical (unpaired) electrons. The number of hydrogen-bond donors (Lipinski definition) is 2. The van der Waals surface area contributed by atoms with Gasteiger partial charge in [0.2, 0.25) is 10.0 Å². The van der Waals surface area contributed by atoms with Gasteiger partial charge in [-0.05, 0) is 38.3 Å². The molecule has 8 nitrogen and oxygen atoms in total. The first-order chi connectivity index (χ1) is 14.3. The number of sulfonamides is 1. The molecule has 10 heteroatoms. The van der Waals surface area contributed by atoms with Gasteiger partial charge in [0.25, 0.3) is 0 Å². The molecule has 2 unspecified atom stereocenters. The Morgan fingerprint density at radius 1 is 1.33 bits per heavy atom. The number of aromatic nitrogens is 2. The van der Waals surface area contributed by atoms with Crippen LogP contribution in [-0.4, -0.2) is 48.6 Å². The van der Waals surface area contributed by atoms with E-state index in [4.69, 9.17) is 17.0 Å². The molecule has 0 saturated heterocycles. The smallest absolute Gasteiger partial charge is 0.321 e. The van der Waals surface area contributed by atoms with Crippen LogP contribution in [0.25, 0.3) is 0 Å². The van der Waals surface area contributed by atoms with Crippen molar-refractivity contribution in [1.82, 2.24) is 19.6 Å². The summed E-state index contributed by atoms with van der Waals surface area (Å²) in [5.74, 6) is -0.651. The van der Waals surface area contributed by atoms with Gasteiger partial charge in [0.05, 0.1) is 16.9 Å². The van der Waals surface area contributed by atoms with Crippen molar-refractivity contribution in [3.63, 3.8) is 0 Å². The number of esters is 1. The molecule has 2 atom stereocenters. The van der Waals surface area contributed by atoms with Gasteiger partial charge in [-0.1, -0.05) is 36.8 Å². The van der Waals surface area contributed by atoms with Gasteiger partial charge < -0.3 is 14.6 Å². The highest BCUT2D eigenvalue weighted by Crippen LogP contribution is 2.38. The number of nitrogens with zero attached hydrogens (tertiary/aromatic N) is 2. The van der Waals surface area contributed by atoms with E-state index < -0.39 is 34.2 Å². The summed E-state index contributed by atoms with van der Waals surface area (Å²) in [7, 11) is -2.05. The Balaban J connectivity index is 1.77. The summed E-state index contributed by atoms with van der Waals surface area (Å²) in [5, 5.41) is 3.04. The summed E-state index contributed by atoms with van der Waals surface area (Å²) >= 11 is 5.63. The summed E-state index contributed by atoms with van der Waals surface area (Å²) in [6.07, 6.45) is 6.17. The number of benzene rings is 1. The molecule has 1 aromatic carbocycles. The Kier molecular flexibility index (Phi) is 6.89. The van der Waals surface area contributed by atoms with Gasteiger partial charge in [-0.25, -0.2) is 13.4 Å². The lowest BCUT2D eigenvalue weighted by Crippen LogP contribution is -2.57. The zero-order valence-corrected chi connectivity index (χ0v) is 18.6. The second-order valence-corrected chi connectivity index (χ2v) is 9.46. The number of carbonyl (C=O) groups is 1. The third-order valence-corrected chi connectivity index (χ3v) is 7.31. The standard InChI is InChI=1S/C20H26N4O4S2/c1-15-13-24(14-22-15)20(19(29)21-2)11-7-6-10-17(20)28-18(25)12-23-30(26,27)16-8-4-3-5-9-16/h3-5,8-9,13-14,17,23H,6-7,10-12H2,1-2H3,(H,21,29). The van der Waals surface area contributed by atoms with Gasteiger partial charge >= 0.3 is 5.97 Å². The fourth-order valence-electron chi connectivity index (χ4n) is 3.85. The molecule has 1 aliphatic rings. The zero-order chi connectivity index (χ0) is 21.8. The summed E-state index contributed by atoms with van der Waals surface area (Å²) in [5.41, 5.74) is 0.0805. The molecule has 3 rings (SSSR count). The first kappa shape index (κ1) is 22.4. The molecule has 0 spiro atoms. The largest absolute Gasteiger partial charge is 0.458 e. The first-order valence-electron chi connectivity index (χ1n) is 9.77. The second-order valence-electron chi connectivity index (χ2n) is 7.29. The quantitative estimate of drug-likeness (QED) is 0.491. The number of imidazole rings is 1. The molecule has 1 saturated carbocycles. The van der Waals surface area contributed by atoms with Gasteiger partial charge in [0, 0.05) is 13.2 Å². The summed E-state index contributed by atoms with van der Waals surface area (Å²) < 4.78 is 34.7. The molecule has 0 amide bonds. The third-order valence-electron chi connectivity index (χ3n) is 5.33. The van der Waals surface area contributed by atoms with Gasteiger partial charge in [0.15, 0.2) is 0 Å². The van der Waals surface area contributed by atoms with Gasteiger partial charge in [-0.15, -0.1) is 0 Å². The Hall–Kier alpha value is -2.30. The van der Waals surface area contributed by atoms with Crippen molar-refractivity contribution in [3.8, 4) is 0 Å². The average molecular weight is 451 g/mol. The molecule has 162 valence electrons. The van der Waals surface area contributed by atoms with E-state index >= 15 is 0 Å². The van der Waals surface area contributed by atoms with E-state index in [9.17, 15) is 13.2 Å². The van der Waals surface area contributed by atoms with Crippen LogP contribution in [0.4, 0.5) is 0 Å². The predicted octanol–water partition coefficient (Wildman–Crippen LogP) is 1.90. The van der Waals surface area contributed by atoms with E-state index in [0.29, 0.717) is 17.8 Å². The van der Waals surface area contributed by atoms with E-state index in [1.807, 2.05) is 17.7 Å². The SMILES string of the molecule is CNC(=S)C1(n2cnc(C)c2)CCCCC1OC(=O)CNS(=O)(=O)c1ccccc1. The van der Waals surface area contributed by atoms with Crippen LogP contribution >= 0.6 is 12.2 Å². The molecular formula is C20H26N4O4S2. The Morgan fingerprint density at radius 2 is 2.07 bits per heavy atom. The molecule has 1 aliphatic carbocycles. The minimum Gasteiger partial charge on any atom is -0.458 e. The second kappa shape index (κ2) is 9.23. The number of carbonyl (C=O) groups excluding carboxylic acids is 1. The fourth-order valence-corrected chi connectivity index (χ4v) is 5.17. The molecular weight excluding hydrogens is 424 g/mol. The van der Waals surface area contributed by atoms with Crippen molar-refractivity contribution in [2.45, 2.75) is 49.1 Å². The number of nitrogens with one attached hydrogen (secondary N) is 2. The zero-order valence-electron chi connectivity index (χ0n) is 17.0. The lowest BCUT2D eigenvalue weighted by Gasteiger charge is -2.44. The monoisotopic (exact) mass is 450 g/mol. The van der Waals surface area contributed by atoms with Gasteiger partial charge in [-0.2, -0.15) is 4.72 Å². The van der Waals surface area contributed by atoms with Crippen molar-refractivity contribution < 1.29 is 17.9 Å². The van der Waals surface area contributed by atoms with Gasteiger partial charge in [0.1, 0.15) is 23.2 Å². The average Bonchev–Trinajstić information content (AvgIpc) is 3.19. The van der Waals surface area contributed by atoms with Crippen LogP contribution in [0.1, 0.15) is 31.4 Å². The van der Waals surface area contributed by atoms with Crippen molar-refractivity contribution >= 4 is 33.2 Å². The van der Waals surface area contributed by atoms with Crippen LogP contribution in [-0.2, 0) is 25.1 Å². The number of rotatable bonds is 7. The van der Waals surface area contributed by atoms with Crippen LogP contribution in [0.3, 0.4) is 0 Å². The Labute approximate surface area is 182 Å². The third kappa shape index (κ3) is 4.55. The molecule has 0 aliphatic heterocycles. The van der Waals surface area contributed by atoms with Gasteiger partial charge in [-0.3, -0.25) is 4.79 Å². The number of aryl methyl sites for hydroxylation is 1. The number of hydrogen-bond acceptors (Lipinski definition) is 6. The van der Waals surface area contributed by atoms with Crippen LogP contribution in [0.5, 0.6) is 0 Å². The molecule has 30 heavy (non-hydrogen) atoms. The fraction of sp³-hybridized carbons (Fsp3) is 0.450. The maximum atomic E-state index is 12.6. The van der Waals surface area contributed by atoms with E-state index in [1.165, 1.54) is 12.1 Å². The van der Waals surface area contributed by atoms with Crippen LogP contribution in [0.2, 0.25) is 0 Å². The molecule has 0 bridgehead atoms. The lowest BCUT2D eigenvalue weighted by atomic mass is 9.78. The van der Waals surface area contributed by atoms with E-state index in [-0.39, 0.29) is 4.90 Å².